The Balaban J connectivity index is 0.000000162. The molecule has 90 heavy (non-hydrogen) atoms. The van der Waals surface area contributed by atoms with E-state index in [2.05, 4.69) is 270 Å². The number of fused-ring (bicyclic) bond motifs is 7. The number of aliphatic hydroxyl groups excluding tert-OH is 2. The van der Waals surface area contributed by atoms with E-state index in [0.717, 1.165) is 106 Å². The van der Waals surface area contributed by atoms with Crippen molar-refractivity contribution in [3.63, 3.8) is 0 Å². The van der Waals surface area contributed by atoms with Gasteiger partial charge in [-0.25, -0.2) is 9.97 Å². The van der Waals surface area contributed by atoms with E-state index in [1.165, 1.54) is 49.0 Å². The molecule has 0 aliphatic carbocycles. The Kier molecular flexibility index (Phi) is 18.2. The van der Waals surface area contributed by atoms with E-state index in [1.807, 2.05) is 41.5 Å². The van der Waals surface area contributed by atoms with Crippen molar-refractivity contribution in [2.75, 3.05) is 0 Å². The van der Waals surface area contributed by atoms with E-state index in [1.54, 1.807) is 0 Å². The Hall–Kier alpha value is -9.07. The number of aromatic nitrogens is 4. The first kappa shape index (κ1) is 62.5. The molecule has 0 saturated carbocycles. The molecule has 2 atom stereocenters. The van der Waals surface area contributed by atoms with Crippen LogP contribution in [0.1, 0.15) is 70.2 Å². The number of rotatable bonds is 8. The summed E-state index contributed by atoms with van der Waals surface area (Å²) in [5, 5.41) is 28.9. The van der Waals surface area contributed by atoms with Crippen LogP contribution in [0, 0.1) is 44.6 Å². The zero-order chi connectivity index (χ0) is 62.1. The maximum absolute atomic E-state index is 9.76. The minimum absolute atomic E-state index is 0. The first-order valence-electron chi connectivity index (χ1n) is 30.8. The summed E-state index contributed by atoms with van der Waals surface area (Å²) in [7, 11) is 0. The van der Waals surface area contributed by atoms with Crippen LogP contribution in [-0.4, -0.2) is 42.4 Å². The molecule has 3 heterocycles. The van der Waals surface area contributed by atoms with Crippen LogP contribution >= 0.6 is 0 Å². The number of hydrogen-bond donors (Lipinski definition) is 2. The summed E-state index contributed by atoms with van der Waals surface area (Å²) in [6.45, 7) is 20.3. The minimum atomic E-state index is -0.443. The van der Waals surface area contributed by atoms with Gasteiger partial charge in [-0.2, -0.15) is 0 Å². The van der Waals surface area contributed by atoms with Gasteiger partial charge >= 0.3 is 0 Å². The van der Waals surface area contributed by atoms with E-state index in [4.69, 9.17) is 19.9 Å². The molecule has 449 valence electrons. The number of aliphatic hydroxyl groups is 2. The largest absolute Gasteiger partial charge is 0.392 e. The molecule has 0 bridgehead atoms. The second kappa shape index (κ2) is 26.2. The van der Waals surface area contributed by atoms with Gasteiger partial charge in [-0.3, -0.25) is 9.97 Å². The summed E-state index contributed by atoms with van der Waals surface area (Å²) < 4.78 is 0. The molecule has 0 fully saturated rings. The molecule has 1 radical (unpaired) electrons. The van der Waals surface area contributed by atoms with Crippen LogP contribution in [0.15, 0.2) is 237 Å². The predicted molar refractivity (Wildman–Crippen MR) is 375 cm³/mol. The predicted octanol–water partition coefficient (Wildman–Crippen LogP) is 21.1. The molecule has 14 aromatic rings. The third kappa shape index (κ3) is 13.7. The van der Waals surface area contributed by atoms with Crippen molar-refractivity contribution in [3.05, 3.63) is 265 Å². The molecule has 0 saturated heterocycles. The SMILES string of the molecule is CC(C)(C)C(O)CC(O)C(C)(C)C.Cc1[c-]c(-c2nc3cc4ccccc4cc3nc2-c2cc(C)cc(C)c2)cc(C)c1.[Ir].c1ccc(-c2cc(-c3ccc4ccccc4c3)nc3c2ccc2c(-c4ccccc4)cc(-c4ccc5ccccc5c4)nc23)cc1. The molecule has 0 aliphatic rings. The Morgan fingerprint density at radius 2 is 0.744 bits per heavy atom. The molecule has 2 unspecified atom stereocenters. The molecule has 14 rings (SSSR count). The molecule has 3 aromatic heterocycles. The third-order valence-electron chi connectivity index (χ3n) is 16.9. The number of aryl methyl sites for hydroxylation is 4. The van der Waals surface area contributed by atoms with Gasteiger partial charge in [-0.1, -0.05) is 255 Å². The van der Waals surface area contributed by atoms with E-state index in [0.29, 0.717) is 6.42 Å². The minimum Gasteiger partial charge on any atom is -0.392 e. The Morgan fingerprint density at radius 3 is 1.17 bits per heavy atom. The molecule has 6 nitrogen and oxygen atoms in total. The van der Waals surface area contributed by atoms with E-state index in [-0.39, 0.29) is 30.9 Å². The van der Waals surface area contributed by atoms with Gasteiger partial charge < -0.3 is 10.2 Å². The molecular weight excluding hydrogens is 1280 g/mol. The Labute approximate surface area is 542 Å². The van der Waals surface area contributed by atoms with Gasteiger partial charge in [-0.05, 0) is 121 Å². The van der Waals surface area contributed by atoms with Crippen molar-refractivity contribution in [3.8, 4) is 67.3 Å². The zero-order valence-electron chi connectivity index (χ0n) is 52.9. The van der Waals surface area contributed by atoms with E-state index < -0.39 is 12.2 Å². The molecule has 7 heteroatoms. The molecule has 0 amide bonds. The average molecular weight is 1350 g/mol. The van der Waals surface area contributed by atoms with Gasteiger partial charge in [0.05, 0.1) is 51.4 Å². The fourth-order valence-corrected chi connectivity index (χ4v) is 11.9. The first-order chi connectivity index (χ1) is 42.8. The second-order valence-electron chi connectivity index (χ2n) is 26.1. The average Bonchev–Trinajstić information content (AvgIpc) is 0.811. The van der Waals surface area contributed by atoms with Crippen LogP contribution in [0.3, 0.4) is 0 Å². The summed E-state index contributed by atoms with van der Waals surface area (Å²) in [5.74, 6) is 0. The topological polar surface area (TPSA) is 92.0 Å². The Morgan fingerprint density at radius 1 is 0.356 bits per heavy atom. The third-order valence-corrected chi connectivity index (χ3v) is 16.9. The van der Waals surface area contributed by atoms with Gasteiger partial charge in [0.15, 0.2) is 0 Å². The summed E-state index contributed by atoms with van der Waals surface area (Å²) in [4.78, 5) is 21.1. The molecule has 11 aromatic carbocycles. The van der Waals surface area contributed by atoms with Crippen molar-refractivity contribution in [2.45, 2.75) is 87.9 Å². The quantitative estimate of drug-likeness (QED) is 0.0895. The summed E-state index contributed by atoms with van der Waals surface area (Å²) in [5.41, 5.74) is 20.6. The van der Waals surface area contributed by atoms with Crippen molar-refractivity contribution in [1.29, 1.82) is 0 Å². The maximum atomic E-state index is 9.76. The standard InChI is InChI=1S/C44H28N2.C28H23N2.C11H24O2.Ir/c1-3-13-31(14-4-1)39-27-41(35-21-19-29-11-7-9-17-33(29)25-35)45-43-37(39)23-24-38-40(32-15-5-2-6-16-32)28-42(46-44(38)43)36-22-20-30-12-8-10-18-34(30)26-36;1-17-9-18(2)12-23(11-17)27-28(24-13-19(3)10-20(4)14-24)30-26-16-22-8-6-5-7-21(22)15-25(26)29-27;1-10(2,3)8(12)7-9(13)11(4,5)6;/h1-28H;5-13,15-16H,1-4H3;8-9,12-13H,7H2,1-6H3;/q;-1;;. The zero-order valence-corrected chi connectivity index (χ0v) is 55.3. The molecule has 2 N–H and O–H groups in total. The van der Waals surface area contributed by atoms with Gasteiger partial charge in [0, 0.05) is 54.1 Å². The normalized spacial score (nSPS) is 12.3. The fraction of sp³-hybridized carbons (Fsp3) is 0.181. The van der Waals surface area contributed by atoms with Crippen molar-refractivity contribution in [1.82, 2.24) is 19.9 Å². The second-order valence-corrected chi connectivity index (χ2v) is 26.1. The number of nitrogens with zero attached hydrogens (tertiary/aromatic N) is 4. The number of pyridine rings is 2. The monoisotopic (exact) mass is 1350 g/mol. The van der Waals surface area contributed by atoms with E-state index in [9.17, 15) is 10.2 Å². The molecular formula is C83H75IrN4O2-. The van der Waals surface area contributed by atoms with Crippen LogP contribution in [-0.2, 0) is 20.1 Å². The van der Waals surface area contributed by atoms with Gasteiger partial charge in [0.2, 0.25) is 0 Å². The van der Waals surface area contributed by atoms with Gasteiger partial charge in [-0.15, -0.1) is 34.9 Å². The summed E-state index contributed by atoms with van der Waals surface area (Å²) in [6, 6.07) is 87.3. The van der Waals surface area contributed by atoms with Crippen molar-refractivity contribution in [2.24, 2.45) is 10.8 Å². The van der Waals surface area contributed by atoms with Crippen LogP contribution in [0.25, 0.3) is 132 Å². The fourth-order valence-electron chi connectivity index (χ4n) is 11.9. The van der Waals surface area contributed by atoms with Crippen LogP contribution in [0.4, 0.5) is 0 Å². The molecule has 0 spiro atoms. The van der Waals surface area contributed by atoms with Crippen molar-refractivity contribution >= 4 is 65.2 Å². The van der Waals surface area contributed by atoms with Crippen LogP contribution in [0.2, 0.25) is 0 Å². The van der Waals surface area contributed by atoms with E-state index >= 15 is 0 Å². The summed E-state index contributed by atoms with van der Waals surface area (Å²) >= 11 is 0. The number of benzene rings is 11. The van der Waals surface area contributed by atoms with Gasteiger partial charge in [0.1, 0.15) is 0 Å². The van der Waals surface area contributed by atoms with Gasteiger partial charge in [0.25, 0.3) is 0 Å². The van der Waals surface area contributed by atoms with Crippen LogP contribution < -0.4 is 0 Å². The maximum Gasteiger partial charge on any atom is 0.0978 e. The van der Waals surface area contributed by atoms with Crippen molar-refractivity contribution < 1.29 is 30.3 Å². The van der Waals surface area contributed by atoms with Crippen LogP contribution in [0.5, 0.6) is 0 Å². The first-order valence-corrected chi connectivity index (χ1v) is 30.8. The molecule has 0 aliphatic heterocycles. The number of hydrogen-bond acceptors (Lipinski definition) is 6. The summed E-state index contributed by atoms with van der Waals surface area (Å²) in [6.07, 6.45) is -0.434. The smallest absolute Gasteiger partial charge is 0.0978 e. The Bertz CT molecular complexity index is 4580.